The molecule has 0 fully saturated rings. The standard InChI is InChI=1S/C83H86BN3/c1-76(2,3)45-22-28-52(29-23-45)85-66-34-27-47(78(7,8)9)37-59(66)69-68(85)44-58-55-36-46(77(4,5)6)26-33-65(55)86-67-35-32-60-75-70(67)84(71(69)74(58)86)64-43-51(82(19,20)21)39-57-56-38-50(81(16,17)18)42-63(72(56)87(75)73(57)64)83(60)61-40-48(79(10,11)12)24-30-53(61)54-31-25-49(41-62(54)83)80(13,14)15/h22-44H,1-21H3. The molecule has 3 aromatic heterocycles. The zero-order valence-electron chi connectivity index (χ0n) is 55.7. The quantitative estimate of drug-likeness (QED) is 0.146. The highest BCUT2D eigenvalue weighted by Crippen LogP contribution is 2.63. The molecule has 0 unspecified atom stereocenters. The van der Waals surface area contributed by atoms with Gasteiger partial charge in [0.05, 0.1) is 33.0 Å². The summed E-state index contributed by atoms with van der Waals surface area (Å²) in [5, 5.41) is 8.04. The summed E-state index contributed by atoms with van der Waals surface area (Å²) >= 11 is 0. The summed E-state index contributed by atoms with van der Waals surface area (Å²) in [4.78, 5) is 0. The second-order valence-corrected chi connectivity index (χ2v) is 34.3. The van der Waals surface area contributed by atoms with E-state index in [4.69, 9.17) is 0 Å². The van der Waals surface area contributed by atoms with Crippen molar-refractivity contribution in [2.75, 3.05) is 0 Å². The van der Waals surface area contributed by atoms with Gasteiger partial charge in [0.1, 0.15) is 0 Å². The topological polar surface area (TPSA) is 14.8 Å². The Morgan fingerprint density at radius 3 is 1.28 bits per heavy atom. The van der Waals surface area contributed by atoms with Gasteiger partial charge >= 0.3 is 0 Å². The highest BCUT2D eigenvalue weighted by atomic mass is 15.1. The third-order valence-electron chi connectivity index (χ3n) is 21.5. The number of rotatable bonds is 1. The Balaban J connectivity index is 1.18. The third-order valence-corrected chi connectivity index (χ3v) is 21.5. The molecule has 16 rings (SSSR count). The van der Waals surface area contributed by atoms with E-state index >= 15 is 0 Å². The third kappa shape index (κ3) is 7.14. The van der Waals surface area contributed by atoms with E-state index in [1.807, 2.05) is 0 Å². The predicted molar refractivity (Wildman–Crippen MR) is 376 cm³/mol. The van der Waals surface area contributed by atoms with Gasteiger partial charge in [-0.05, 0) is 187 Å². The van der Waals surface area contributed by atoms with Crippen molar-refractivity contribution in [3.63, 3.8) is 0 Å². The van der Waals surface area contributed by atoms with Gasteiger partial charge in [-0.25, -0.2) is 0 Å². The van der Waals surface area contributed by atoms with Gasteiger partial charge in [0, 0.05) is 54.9 Å². The molecule has 9 aromatic carbocycles. The molecule has 12 aromatic rings. The number of nitrogens with zero attached hydrogens (tertiary/aromatic N) is 3. The zero-order valence-corrected chi connectivity index (χ0v) is 55.7. The molecule has 4 aliphatic rings. The summed E-state index contributed by atoms with van der Waals surface area (Å²) in [6.07, 6.45) is 0. The van der Waals surface area contributed by atoms with Gasteiger partial charge < -0.3 is 13.7 Å². The predicted octanol–water partition coefficient (Wildman–Crippen LogP) is 19.9. The minimum absolute atomic E-state index is 0.0207. The minimum atomic E-state index is -0.658. The van der Waals surface area contributed by atoms with E-state index in [0.29, 0.717) is 0 Å². The van der Waals surface area contributed by atoms with Crippen LogP contribution in [-0.2, 0) is 43.3 Å². The molecule has 3 nitrogen and oxygen atoms in total. The first-order chi connectivity index (χ1) is 40.6. The first-order valence-corrected chi connectivity index (χ1v) is 32.4. The summed E-state index contributed by atoms with van der Waals surface area (Å²) < 4.78 is 8.22. The summed E-state index contributed by atoms with van der Waals surface area (Å²) in [7, 11) is 0. The largest absolute Gasteiger partial charge is 0.310 e. The van der Waals surface area contributed by atoms with E-state index in [9.17, 15) is 0 Å². The molecule has 0 amide bonds. The SMILES string of the molecule is CC(C)(C)c1ccc(-n2c3ccc(C(C)(C)C)cc3c3c4c5c(cc32)c2cc(C(C)(C)C)ccc2n5-c2ccc3c5c2B4c2cc(C(C)(C)C)cc4c6cc(C(C)(C)C)cc(c6n-5c24)C32c3cc(C(C)(C)C)ccc3-c3ccc(C(C)(C)C)cc32)cc1. The fourth-order valence-corrected chi connectivity index (χ4v) is 16.5. The van der Waals surface area contributed by atoms with E-state index in [1.165, 1.54) is 171 Å². The lowest BCUT2D eigenvalue weighted by Gasteiger charge is -2.45. The van der Waals surface area contributed by atoms with Crippen molar-refractivity contribution < 1.29 is 0 Å². The van der Waals surface area contributed by atoms with Crippen LogP contribution in [0.1, 0.15) is 207 Å². The molecule has 6 heterocycles. The smallest absolute Gasteiger partial charge is 0.253 e. The fourth-order valence-electron chi connectivity index (χ4n) is 16.5. The lowest BCUT2D eigenvalue weighted by Crippen LogP contribution is -2.61. The van der Waals surface area contributed by atoms with Crippen LogP contribution >= 0.6 is 0 Å². The van der Waals surface area contributed by atoms with Crippen LogP contribution in [0.2, 0.25) is 0 Å². The van der Waals surface area contributed by atoms with Crippen LogP contribution < -0.4 is 16.4 Å². The first kappa shape index (κ1) is 54.8. The van der Waals surface area contributed by atoms with Crippen LogP contribution in [0.15, 0.2) is 140 Å². The van der Waals surface area contributed by atoms with Crippen LogP contribution in [0.25, 0.3) is 93.6 Å². The van der Waals surface area contributed by atoms with Gasteiger partial charge in [-0.3, -0.25) is 0 Å². The van der Waals surface area contributed by atoms with Crippen molar-refractivity contribution in [2.45, 2.75) is 189 Å². The number of hydrogen-bond donors (Lipinski definition) is 0. The molecule has 0 bridgehead atoms. The molecule has 0 radical (unpaired) electrons. The highest BCUT2D eigenvalue weighted by Gasteiger charge is 2.56. The monoisotopic (exact) mass is 1140 g/mol. The lowest BCUT2D eigenvalue weighted by atomic mass is 9.33. The van der Waals surface area contributed by atoms with Crippen LogP contribution in [0.5, 0.6) is 0 Å². The Morgan fingerprint density at radius 2 is 0.736 bits per heavy atom. The molecule has 0 atom stereocenters. The fraction of sp³-hybridized carbons (Fsp3) is 0.349. The van der Waals surface area contributed by atoms with Crippen molar-refractivity contribution in [1.82, 2.24) is 13.7 Å². The Kier molecular flexibility index (Phi) is 10.4. The molecular formula is C83H86BN3. The summed E-state index contributed by atoms with van der Waals surface area (Å²) in [6.45, 7) is 50.1. The number of benzene rings is 9. The molecule has 0 N–H and O–H groups in total. The molecule has 3 aliphatic heterocycles. The van der Waals surface area contributed by atoms with E-state index in [2.05, 4.69) is 299 Å². The van der Waals surface area contributed by atoms with E-state index in [1.54, 1.807) is 0 Å². The summed E-state index contributed by atoms with van der Waals surface area (Å²) in [6, 6.07) is 58.1. The van der Waals surface area contributed by atoms with Crippen LogP contribution in [0.3, 0.4) is 0 Å². The Hall–Kier alpha value is -7.56. The van der Waals surface area contributed by atoms with Crippen LogP contribution in [-0.4, -0.2) is 20.4 Å². The summed E-state index contributed by atoms with van der Waals surface area (Å²) in [5.41, 5.74) is 32.6. The van der Waals surface area contributed by atoms with Gasteiger partial charge in [0.2, 0.25) is 0 Å². The summed E-state index contributed by atoms with van der Waals surface area (Å²) in [5.74, 6) is 0. The molecule has 0 saturated heterocycles. The second-order valence-electron chi connectivity index (χ2n) is 34.3. The van der Waals surface area contributed by atoms with Crippen molar-refractivity contribution >= 4 is 88.5 Å². The van der Waals surface area contributed by atoms with Crippen molar-refractivity contribution in [1.29, 1.82) is 0 Å². The van der Waals surface area contributed by atoms with Crippen molar-refractivity contribution in [3.05, 3.63) is 201 Å². The second kappa shape index (κ2) is 16.6. The lowest BCUT2D eigenvalue weighted by molar-refractivity contribution is 0.583. The van der Waals surface area contributed by atoms with Gasteiger partial charge in [0.15, 0.2) is 0 Å². The average Bonchev–Trinajstić information content (AvgIpc) is 1.53. The molecule has 1 spiro atoms. The van der Waals surface area contributed by atoms with Gasteiger partial charge in [-0.15, -0.1) is 0 Å². The molecule has 436 valence electrons. The number of hydrogen-bond acceptors (Lipinski definition) is 0. The molecular weight excluding hydrogens is 1050 g/mol. The van der Waals surface area contributed by atoms with Crippen LogP contribution in [0, 0.1) is 0 Å². The number of fused-ring (bicyclic) bond motifs is 18. The van der Waals surface area contributed by atoms with E-state index in [0.717, 1.165) is 0 Å². The maximum Gasteiger partial charge on any atom is 0.253 e. The van der Waals surface area contributed by atoms with Crippen molar-refractivity contribution in [3.8, 4) is 28.2 Å². The average molecular weight is 1140 g/mol. The van der Waals surface area contributed by atoms with Crippen LogP contribution in [0.4, 0.5) is 0 Å². The Labute approximate surface area is 516 Å². The van der Waals surface area contributed by atoms with Gasteiger partial charge in [-0.1, -0.05) is 224 Å². The molecule has 4 heteroatoms. The van der Waals surface area contributed by atoms with E-state index < -0.39 is 5.41 Å². The van der Waals surface area contributed by atoms with Crippen molar-refractivity contribution in [2.24, 2.45) is 0 Å². The Morgan fingerprint density at radius 1 is 0.299 bits per heavy atom. The number of aromatic nitrogens is 3. The first-order valence-electron chi connectivity index (χ1n) is 32.4. The zero-order chi connectivity index (χ0) is 61.5. The Bertz CT molecular complexity index is 5040. The van der Waals surface area contributed by atoms with E-state index in [-0.39, 0.29) is 44.6 Å². The molecule has 87 heavy (non-hydrogen) atoms. The van der Waals surface area contributed by atoms with Gasteiger partial charge in [0.25, 0.3) is 6.71 Å². The van der Waals surface area contributed by atoms with Gasteiger partial charge in [-0.2, -0.15) is 0 Å². The molecule has 1 aliphatic carbocycles. The minimum Gasteiger partial charge on any atom is -0.310 e. The maximum absolute atomic E-state index is 2.84. The maximum atomic E-state index is 2.84. The molecule has 0 saturated carbocycles. The normalized spacial score (nSPS) is 15.3. The highest BCUT2D eigenvalue weighted by molar-refractivity contribution is 7.02.